The minimum Gasteiger partial charge on any atom is -0.150 e. The Morgan fingerprint density at radius 3 is 2.00 bits per heavy atom. The first-order valence-electron chi connectivity index (χ1n) is 8.93. The maximum absolute atomic E-state index is 3.12. The van der Waals surface area contributed by atoms with Gasteiger partial charge in [0.25, 0.3) is 0 Å². The van der Waals surface area contributed by atoms with Crippen LogP contribution in [0, 0.1) is 6.08 Å². The van der Waals surface area contributed by atoms with Crippen LogP contribution in [0.2, 0.25) is 13.1 Å². The Labute approximate surface area is 197 Å². The molecule has 3 aromatic carbocycles. The summed E-state index contributed by atoms with van der Waals surface area (Å²) in [6.07, 6.45) is 6.22. The molecule has 28 heavy (non-hydrogen) atoms. The van der Waals surface area contributed by atoms with Crippen molar-refractivity contribution in [1.82, 2.24) is 0 Å². The summed E-state index contributed by atoms with van der Waals surface area (Å²) in [7, 11) is 0. The average molecular weight is 507 g/mol. The van der Waals surface area contributed by atoms with Gasteiger partial charge in [-0.2, -0.15) is 5.57 Å². The molecule has 1 aliphatic rings. The Kier molecular flexibility index (Phi) is 13.8. The molecule has 0 saturated heterocycles. The predicted molar refractivity (Wildman–Crippen MR) is 128 cm³/mol. The maximum atomic E-state index is 3.12. The van der Waals surface area contributed by atoms with Crippen LogP contribution in [-0.4, -0.2) is 5.43 Å². The van der Waals surface area contributed by atoms with Crippen molar-refractivity contribution in [1.29, 1.82) is 0 Å². The average Bonchev–Trinajstić information content (AvgIpc) is 3.22. The molecule has 0 unspecified atom stereocenters. The van der Waals surface area contributed by atoms with Gasteiger partial charge in [0.2, 0.25) is 0 Å². The monoisotopic (exact) mass is 504 g/mol. The van der Waals surface area contributed by atoms with Crippen molar-refractivity contribution in [3.05, 3.63) is 90.0 Å². The van der Waals surface area contributed by atoms with E-state index in [0.717, 1.165) is 6.42 Å². The van der Waals surface area contributed by atoms with Gasteiger partial charge in [-0.1, -0.05) is 48.9 Å². The molecule has 0 aromatic heterocycles. The van der Waals surface area contributed by atoms with Crippen molar-refractivity contribution in [3.63, 3.8) is 0 Å². The number of benzene rings is 2. The first-order valence-corrected chi connectivity index (χ1v) is 15.1. The van der Waals surface area contributed by atoms with E-state index in [9.17, 15) is 0 Å². The van der Waals surface area contributed by atoms with Gasteiger partial charge in [-0.05, 0) is 0 Å². The standard InChI is InChI=1S/C15H11.C7H9.C2H6Si.2ClH.Zr/c1-2-6-12(7-3-1)15-11-10-13-8-4-5-9-14(13)15;1-6-4-3-5-7(6)2;1-3-2;;;/h1-11H;4H,5H2,1-2H3;1-2H3;2*1H;/q2*-1;;;;+2. The van der Waals surface area contributed by atoms with E-state index in [4.69, 9.17) is 0 Å². The van der Waals surface area contributed by atoms with Crippen LogP contribution >= 0.6 is 24.8 Å². The second kappa shape index (κ2) is 14.2. The zero-order valence-electron chi connectivity index (χ0n) is 17.0. The van der Waals surface area contributed by atoms with Crippen LogP contribution in [0.15, 0.2) is 84.0 Å². The molecule has 0 heterocycles. The number of rotatable bonds is 1. The van der Waals surface area contributed by atoms with Crippen LogP contribution in [0.25, 0.3) is 21.9 Å². The fraction of sp³-hybridized carbons (Fsp3) is 0.208. The normalized spacial score (nSPS) is 11.5. The van der Waals surface area contributed by atoms with Crippen LogP contribution in [0.5, 0.6) is 0 Å². The summed E-state index contributed by atoms with van der Waals surface area (Å²) in [6.45, 7) is 8.88. The Morgan fingerprint density at radius 2 is 1.50 bits per heavy atom. The smallest absolute Gasteiger partial charge is 0.0623 e. The molecule has 4 rings (SSSR count). The number of fused-ring (bicyclic) bond motifs is 1. The third kappa shape index (κ3) is 8.70. The van der Waals surface area contributed by atoms with Crippen LogP contribution in [0.4, 0.5) is 0 Å². The maximum Gasteiger partial charge on any atom is -0.0623 e. The molecular formula is C24H28Cl2SiZr. The summed E-state index contributed by atoms with van der Waals surface area (Å²) in [5.74, 6) is 0. The van der Waals surface area contributed by atoms with Crippen molar-refractivity contribution in [2.45, 2.75) is 33.4 Å². The first-order chi connectivity index (χ1) is 12.5. The Hall–Kier alpha value is -0.790. The molecule has 0 fully saturated rings. The van der Waals surface area contributed by atoms with Gasteiger partial charge in [0.15, 0.2) is 0 Å². The second-order valence-corrected chi connectivity index (χ2v) is 16.1. The third-order valence-corrected chi connectivity index (χ3v) is 4.12. The molecule has 0 saturated carbocycles. The topological polar surface area (TPSA) is 0 Å². The molecule has 146 valence electrons. The summed E-state index contributed by atoms with van der Waals surface area (Å²) in [6, 6.07) is 23.4. The molecule has 0 atom stereocenters. The summed E-state index contributed by atoms with van der Waals surface area (Å²) in [4.78, 5) is 0. The van der Waals surface area contributed by atoms with E-state index >= 15 is 0 Å². The molecule has 0 bridgehead atoms. The first kappa shape index (κ1) is 27.2. The molecule has 0 amide bonds. The Morgan fingerprint density at radius 1 is 0.929 bits per heavy atom. The van der Waals surface area contributed by atoms with E-state index in [-0.39, 0.29) is 30.2 Å². The van der Waals surface area contributed by atoms with E-state index in [1.807, 2.05) is 0 Å². The molecule has 0 radical (unpaired) electrons. The fourth-order valence-electron chi connectivity index (χ4n) is 2.64. The molecule has 0 spiro atoms. The van der Waals surface area contributed by atoms with Gasteiger partial charge < -0.3 is 0 Å². The van der Waals surface area contributed by atoms with Crippen LogP contribution in [-0.2, 0) is 23.3 Å². The SMILES string of the molecule is CC1=C(C)C[C-]=C1.C[Si](C)=[Zr+2].Cl.Cl.c1ccc(-c2c[cH-]c3ccccc23)cc1. The predicted octanol–water partition coefficient (Wildman–Crippen LogP) is 7.94. The number of hydrogen-bond acceptors (Lipinski definition) is 0. The van der Waals surface area contributed by atoms with Gasteiger partial charge in [-0.25, -0.2) is 11.6 Å². The molecule has 1 aliphatic carbocycles. The van der Waals surface area contributed by atoms with Crippen LogP contribution in [0.3, 0.4) is 0 Å². The molecule has 3 aromatic rings. The molecule has 4 heteroatoms. The summed E-state index contributed by atoms with van der Waals surface area (Å²) in [5, 5.41) is 2.65. The van der Waals surface area contributed by atoms with Crippen molar-refractivity contribution >= 4 is 41.0 Å². The van der Waals surface area contributed by atoms with Crippen LogP contribution in [0.1, 0.15) is 20.3 Å². The van der Waals surface area contributed by atoms with Gasteiger partial charge in [-0.15, -0.1) is 84.8 Å². The van der Waals surface area contributed by atoms with Crippen molar-refractivity contribution in [3.8, 4) is 11.1 Å². The van der Waals surface area contributed by atoms with Gasteiger partial charge in [0, 0.05) is 0 Å². The van der Waals surface area contributed by atoms with Crippen molar-refractivity contribution in [2.75, 3.05) is 0 Å². The molecular weight excluding hydrogens is 478 g/mol. The van der Waals surface area contributed by atoms with E-state index in [1.165, 1.54) is 33.0 Å². The second-order valence-electron chi connectivity index (χ2n) is 6.69. The van der Waals surface area contributed by atoms with Crippen molar-refractivity contribution < 1.29 is 23.3 Å². The van der Waals surface area contributed by atoms with Gasteiger partial charge in [0.1, 0.15) is 0 Å². The molecule has 0 aliphatic heterocycles. The van der Waals surface area contributed by atoms with E-state index in [1.54, 1.807) is 23.3 Å². The van der Waals surface area contributed by atoms with E-state index in [0.29, 0.717) is 0 Å². The summed E-state index contributed by atoms with van der Waals surface area (Å²) in [5.41, 5.74) is 5.67. The number of allylic oxidation sites excluding steroid dienone is 4. The minimum atomic E-state index is 0. The fourth-order valence-corrected chi connectivity index (χ4v) is 2.64. The quantitative estimate of drug-likeness (QED) is 0.232. The summed E-state index contributed by atoms with van der Waals surface area (Å²) < 4.78 is 0. The number of hydrogen-bond donors (Lipinski definition) is 0. The Balaban J connectivity index is 0.000000477. The Bertz CT molecular complexity index is 920. The van der Waals surface area contributed by atoms with Crippen molar-refractivity contribution in [2.24, 2.45) is 0 Å². The third-order valence-electron chi connectivity index (χ3n) is 4.12. The minimum absolute atomic E-state index is 0. The number of halogens is 2. The zero-order chi connectivity index (χ0) is 18.9. The van der Waals surface area contributed by atoms with Gasteiger partial charge in [-0.3, -0.25) is 6.08 Å². The zero-order valence-corrected chi connectivity index (χ0v) is 22.0. The molecule has 0 N–H and O–H groups in total. The van der Waals surface area contributed by atoms with Crippen LogP contribution < -0.4 is 0 Å². The largest absolute Gasteiger partial charge is 0.150 e. The summed E-state index contributed by atoms with van der Waals surface area (Å²) >= 11 is 1.74. The van der Waals surface area contributed by atoms with Gasteiger partial charge in [0.05, 0.1) is 0 Å². The molecule has 0 nitrogen and oxygen atoms in total. The van der Waals surface area contributed by atoms with Gasteiger partial charge >= 0.3 is 41.9 Å². The van der Waals surface area contributed by atoms with E-state index in [2.05, 4.69) is 106 Å². The van der Waals surface area contributed by atoms with E-state index < -0.39 is 0 Å².